The molecule has 2 aliphatic rings. The summed E-state index contributed by atoms with van der Waals surface area (Å²) in [4.78, 5) is 36.2. The molecule has 2 aliphatic heterocycles. The quantitative estimate of drug-likeness (QED) is 0.284. The lowest BCUT2D eigenvalue weighted by Crippen LogP contribution is -2.39. The lowest BCUT2D eigenvalue weighted by molar-refractivity contribution is -0.127. The van der Waals surface area contributed by atoms with Gasteiger partial charge < -0.3 is 30.0 Å². The van der Waals surface area contributed by atoms with Crippen LogP contribution in [0, 0.1) is 0 Å². The number of carbonyl (C=O) groups is 2. The van der Waals surface area contributed by atoms with Gasteiger partial charge in [0.25, 0.3) is 5.91 Å². The Bertz CT molecular complexity index is 1900. The van der Waals surface area contributed by atoms with Gasteiger partial charge in [0.05, 0.1) is 17.1 Å². The molecule has 0 saturated carbocycles. The van der Waals surface area contributed by atoms with Gasteiger partial charge in [0.1, 0.15) is 17.8 Å². The van der Waals surface area contributed by atoms with Crippen LogP contribution >= 0.6 is 0 Å². The number of fused-ring (bicyclic) bond motifs is 3. The monoisotopic (exact) mass is 560 g/mol. The molecular formula is C32H28N6O4. The Hall–Kier alpha value is -5.38. The van der Waals surface area contributed by atoms with E-state index in [0.717, 1.165) is 34.7 Å². The van der Waals surface area contributed by atoms with E-state index in [-0.39, 0.29) is 24.6 Å². The fourth-order valence-corrected chi connectivity index (χ4v) is 5.93. The van der Waals surface area contributed by atoms with Gasteiger partial charge in [0, 0.05) is 36.0 Å². The molecule has 4 heterocycles. The Morgan fingerprint density at radius 1 is 1.02 bits per heavy atom. The van der Waals surface area contributed by atoms with Crippen molar-refractivity contribution in [3.63, 3.8) is 0 Å². The first-order valence-electron chi connectivity index (χ1n) is 13.8. The van der Waals surface area contributed by atoms with E-state index in [9.17, 15) is 9.59 Å². The number of nitrogens with zero attached hydrogens (tertiary/aromatic N) is 4. The van der Waals surface area contributed by atoms with Crippen LogP contribution in [0.5, 0.6) is 11.5 Å². The number of nitrogen functional groups attached to an aromatic ring is 1. The van der Waals surface area contributed by atoms with E-state index in [1.54, 1.807) is 17.0 Å². The minimum absolute atomic E-state index is 0.000989. The second-order valence-corrected chi connectivity index (χ2v) is 10.4. The van der Waals surface area contributed by atoms with Crippen molar-refractivity contribution >= 4 is 45.1 Å². The number of nitrogens with two attached hydrogens (primary N) is 1. The average molecular weight is 561 g/mol. The SMILES string of the molecule is C=CC(=O)N1CCC[C@@H](n2cc(-c3ccc(NC(=O)c4ccc5ccccc5c4)c4c3OCO4)c3c(N)ncnc32)C1. The molecule has 3 N–H and O–H groups in total. The van der Waals surface area contributed by atoms with Gasteiger partial charge in [-0.1, -0.05) is 36.9 Å². The molecule has 0 unspecified atom stereocenters. The first-order valence-corrected chi connectivity index (χ1v) is 13.8. The van der Waals surface area contributed by atoms with E-state index in [2.05, 4.69) is 26.4 Å². The number of aromatic nitrogens is 3. The van der Waals surface area contributed by atoms with Crippen LogP contribution in [0.3, 0.4) is 0 Å². The maximum absolute atomic E-state index is 13.2. The number of nitrogens with one attached hydrogen (secondary N) is 1. The molecule has 210 valence electrons. The zero-order valence-electron chi connectivity index (χ0n) is 22.7. The van der Waals surface area contributed by atoms with Crippen LogP contribution in [0.1, 0.15) is 29.2 Å². The first kappa shape index (κ1) is 25.6. The molecule has 2 aromatic heterocycles. The molecule has 10 heteroatoms. The number of rotatable bonds is 5. The topological polar surface area (TPSA) is 125 Å². The first-order chi connectivity index (χ1) is 20.5. The smallest absolute Gasteiger partial charge is 0.255 e. The minimum Gasteiger partial charge on any atom is -0.453 e. The Morgan fingerprint density at radius 2 is 1.86 bits per heavy atom. The Kier molecular flexibility index (Phi) is 6.23. The van der Waals surface area contributed by atoms with Crippen molar-refractivity contribution < 1.29 is 19.1 Å². The summed E-state index contributed by atoms with van der Waals surface area (Å²) in [6.45, 7) is 4.88. The van der Waals surface area contributed by atoms with Crippen molar-refractivity contribution in [1.82, 2.24) is 19.4 Å². The Labute approximate surface area is 241 Å². The second-order valence-electron chi connectivity index (χ2n) is 10.4. The van der Waals surface area contributed by atoms with Crippen molar-refractivity contribution in [3.05, 3.63) is 85.3 Å². The summed E-state index contributed by atoms with van der Waals surface area (Å²) in [6, 6.07) is 17.2. The highest BCUT2D eigenvalue weighted by Crippen LogP contribution is 2.49. The van der Waals surface area contributed by atoms with Gasteiger partial charge in [-0.3, -0.25) is 9.59 Å². The van der Waals surface area contributed by atoms with Gasteiger partial charge in [-0.15, -0.1) is 0 Å². The predicted molar refractivity (Wildman–Crippen MR) is 160 cm³/mol. The fourth-order valence-electron chi connectivity index (χ4n) is 5.93. The lowest BCUT2D eigenvalue weighted by Gasteiger charge is -2.33. The van der Waals surface area contributed by atoms with E-state index < -0.39 is 0 Å². The molecule has 2 amide bonds. The van der Waals surface area contributed by atoms with Crippen LogP contribution in [-0.2, 0) is 4.79 Å². The predicted octanol–water partition coefficient (Wildman–Crippen LogP) is 5.16. The van der Waals surface area contributed by atoms with Crippen LogP contribution in [-0.4, -0.2) is 51.1 Å². The summed E-state index contributed by atoms with van der Waals surface area (Å²) in [5.74, 6) is 0.940. The van der Waals surface area contributed by atoms with Crippen LogP contribution in [0.25, 0.3) is 32.9 Å². The summed E-state index contributed by atoms with van der Waals surface area (Å²) < 4.78 is 13.9. The fraction of sp³-hybridized carbons (Fsp3) is 0.188. The zero-order valence-corrected chi connectivity index (χ0v) is 22.7. The van der Waals surface area contributed by atoms with Gasteiger partial charge >= 0.3 is 0 Å². The minimum atomic E-state index is -0.253. The number of hydrogen-bond acceptors (Lipinski definition) is 7. The average Bonchev–Trinajstić information content (AvgIpc) is 3.68. The van der Waals surface area contributed by atoms with Crippen LogP contribution in [0.15, 0.2) is 79.8 Å². The van der Waals surface area contributed by atoms with Gasteiger partial charge in [-0.25, -0.2) is 9.97 Å². The second kappa shape index (κ2) is 10.2. The summed E-state index contributed by atoms with van der Waals surface area (Å²) in [7, 11) is 0. The van der Waals surface area contributed by atoms with Crippen molar-refractivity contribution in [2.75, 3.05) is 30.9 Å². The number of piperidine rings is 1. The van der Waals surface area contributed by atoms with Gasteiger partial charge in [-0.2, -0.15) is 0 Å². The molecule has 1 fully saturated rings. The molecule has 7 rings (SSSR count). The maximum atomic E-state index is 13.2. The molecule has 10 nitrogen and oxygen atoms in total. The van der Waals surface area contributed by atoms with E-state index in [1.165, 1.54) is 12.4 Å². The van der Waals surface area contributed by atoms with Crippen molar-refractivity contribution in [2.24, 2.45) is 0 Å². The van der Waals surface area contributed by atoms with Crippen molar-refractivity contribution in [3.8, 4) is 22.6 Å². The van der Waals surface area contributed by atoms with E-state index in [0.29, 0.717) is 52.7 Å². The number of likely N-dealkylation sites (tertiary alicyclic amines) is 1. The highest BCUT2D eigenvalue weighted by Gasteiger charge is 2.30. The Balaban J connectivity index is 1.26. The number of benzene rings is 3. The summed E-state index contributed by atoms with van der Waals surface area (Å²) in [5.41, 5.74) is 9.65. The standard InChI is InChI=1S/C32H28N6O4/c1-2-26(39)37-13-5-8-22(15-37)38-16-24(27-30(33)34-17-35-31(27)38)23-11-12-25(29-28(23)41-18-42-29)36-32(40)21-10-9-19-6-3-4-7-20(19)14-21/h2-4,6-7,9-12,14,16-17,22H,1,5,8,13,15,18H2,(H,36,40)(H2,33,34,35)/t22-/m1/s1. The van der Waals surface area contributed by atoms with E-state index >= 15 is 0 Å². The third kappa shape index (κ3) is 4.28. The van der Waals surface area contributed by atoms with Gasteiger partial charge in [0.15, 0.2) is 11.5 Å². The van der Waals surface area contributed by atoms with Gasteiger partial charge in [-0.05, 0) is 54.0 Å². The summed E-state index contributed by atoms with van der Waals surface area (Å²) >= 11 is 0. The number of hydrogen-bond donors (Lipinski definition) is 2. The number of amides is 2. The third-order valence-electron chi connectivity index (χ3n) is 7.98. The molecule has 5 aromatic rings. The summed E-state index contributed by atoms with van der Waals surface area (Å²) in [6.07, 6.45) is 6.53. The molecule has 42 heavy (non-hydrogen) atoms. The Morgan fingerprint density at radius 3 is 2.71 bits per heavy atom. The summed E-state index contributed by atoms with van der Waals surface area (Å²) in [5, 5.41) is 5.72. The molecule has 0 aliphatic carbocycles. The van der Waals surface area contributed by atoms with Crippen LogP contribution in [0.2, 0.25) is 0 Å². The number of carbonyl (C=O) groups excluding carboxylic acids is 2. The van der Waals surface area contributed by atoms with Crippen LogP contribution < -0.4 is 20.5 Å². The molecule has 3 aromatic carbocycles. The third-order valence-corrected chi connectivity index (χ3v) is 7.98. The molecule has 0 bridgehead atoms. The van der Waals surface area contributed by atoms with Gasteiger partial charge in [0.2, 0.25) is 12.7 Å². The number of ether oxygens (including phenoxy) is 2. The van der Waals surface area contributed by atoms with E-state index in [1.807, 2.05) is 48.7 Å². The van der Waals surface area contributed by atoms with E-state index in [4.69, 9.17) is 15.2 Å². The van der Waals surface area contributed by atoms with Crippen molar-refractivity contribution in [2.45, 2.75) is 18.9 Å². The molecule has 1 saturated heterocycles. The molecule has 1 atom stereocenters. The van der Waals surface area contributed by atoms with Crippen LogP contribution in [0.4, 0.5) is 11.5 Å². The normalized spacial score (nSPS) is 16.1. The molecule has 0 radical (unpaired) electrons. The largest absolute Gasteiger partial charge is 0.453 e. The molecular weight excluding hydrogens is 532 g/mol. The number of anilines is 2. The molecule has 0 spiro atoms. The van der Waals surface area contributed by atoms with Crippen molar-refractivity contribution in [1.29, 1.82) is 0 Å². The maximum Gasteiger partial charge on any atom is 0.255 e. The highest BCUT2D eigenvalue weighted by atomic mass is 16.7. The lowest BCUT2D eigenvalue weighted by atomic mass is 10.0. The highest BCUT2D eigenvalue weighted by molar-refractivity contribution is 6.08. The zero-order chi connectivity index (χ0) is 28.8.